The predicted octanol–water partition coefficient (Wildman–Crippen LogP) is 5.34. The molecule has 1 fully saturated rings. The van der Waals surface area contributed by atoms with Gasteiger partial charge in [0.1, 0.15) is 0 Å². The van der Waals surface area contributed by atoms with Gasteiger partial charge >= 0.3 is 0 Å². The first-order valence-electron chi connectivity index (χ1n) is 12.7. The summed E-state index contributed by atoms with van der Waals surface area (Å²) in [5.74, 6) is 1.16. The van der Waals surface area contributed by atoms with Crippen LogP contribution in [0.5, 0.6) is 0 Å². The average Bonchev–Trinajstić information content (AvgIpc) is 3.52. The van der Waals surface area contributed by atoms with E-state index >= 15 is 0 Å². The minimum absolute atomic E-state index is 0.0288. The van der Waals surface area contributed by atoms with Crippen LogP contribution in [0, 0.1) is 12.8 Å². The number of rotatable bonds is 8. The van der Waals surface area contributed by atoms with Gasteiger partial charge in [0.15, 0.2) is 5.82 Å². The van der Waals surface area contributed by atoms with Crippen molar-refractivity contribution in [3.63, 3.8) is 0 Å². The van der Waals surface area contributed by atoms with Gasteiger partial charge in [-0.15, -0.1) is 5.10 Å². The van der Waals surface area contributed by atoms with Crippen molar-refractivity contribution in [2.24, 2.45) is 5.92 Å². The fraction of sp³-hybridized carbons (Fsp3) is 0.429. The molecule has 2 heterocycles. The number of hydrogen-bond acceptors (Lipinski definition) is 5. The third-order valence-electron chi connectivity index (χ3n) is 7.16. The molecule has 0 spiro atoms. The van der Waals surface area contributed by atoms with Crippen LogP contribution in [0.4, 0.5) is 0 Å². The predicted molar refractivity (Wildman–Crippen MR) is 138 cm³/mol. The van der Waals surface area contributed by atoms with Crippen LogP contribution in [-0.2, 0) is 13.1 Å². The number of hydrogen-bond donors (Lipinski definition) is 1. The topological polar surface area (TPSA) is 79.7 Å². The van der Waals surface area contributed by atoms with Crippen LogP contribution in [0.1, 0.15) is 74.1 Å². The normalized spacial score (nSPS) is 15.5. The van der Waals surface area contributed by atoms with Crippen molar-refractivity contribution in [2.45, 2.75) is 71.6 Å². The highest BCUT2D eigenvalue weighted by molar-refractivity contribution is 5.79. The molecule has 1 N–H and O–H groups in total. The summed E-state index contributed by atoms with van der Waals surface area (Å²) in [5.41, 5.74) is 3.91. The van der Waals surface area contributed by atoms with Crippen LogP contribution in [0.25, 0.3) is 10.9 Å². The number of pyridine rings is 1. The summed E-state index contributed by atoms with van der Waals surface area (Å²) < 4.78 is 2.06. The molecule has 0 amide bonds. The van der Waals surface area contributed by atoms with E-state index in [1.54, 1.807) is 0 Å². The van der Waals surface area contributed by atoms with Crippen LogP contribution < -0.4 is 5.56 Å². The van der Waals surface area contributed by atoms with Crippen LogP contribution in [0.2, 0.25) is 0 Å². The fourth-order valence-corrected chi connectivity index (χ4v) is 5.45. The molecule has 1 aliphatic rings. The second kappa shape index (κ2) is 10.1. The SMILES string of the molecule is Cc1ccc2cc(CN(Cc3ccccc3)[C@H](c3nnnn3C3CCCC3)C(C)C)c(=O)[nH]c2c1. The molecule has 1 saturated carbocycles. The van der Waals surface area contributed by atoms with E-state index in [0.29, 0.717) is 19.1 Å². The molecule has 1 atom stereocenters. The van der Waals surface area contributed by atoms with Crippen molar-refractivity contribution in [3.8, 4) is 0 Å². The molecule has 0 aliphatic heterocycles. The summed E-state index contributed by atoms with van der Waals surface area (Å²) in [6.07, 6.45) is 4.67. The van der Waals surface area contributed by atoms with Crippen molar-refractivity contribution >= 4 is 10.9 Å². The Kier molecular flexibility index (Phi) is 6.77. The minimum atomic E-state index is -0.0425. The maximum Gasteiger partial charge on any atom is 0.252 e. The Morgan fingerprint density at radius 2 is 1.83 bits per heavy atom. The first kappa shape index (κ1) is 23.4. The monoisotopic (exact) mass is 470 g/mol. The minimum Gasteiger partial charge on any atom is -0.322 e. The largest absolute Gasteiger partial charge is 0.322 e. The van der Waals surface area contributed by atoms with Gasteiger partial charge in [-0.1, -0.05) is 69.2 Å². The number of benzene rings is 2. The Morgan fingerprint density at radius 1 is 1.06 bits per heavy atom. The Labute approximate surface area is 206 Å². The lowest BCUT2D eigenvalue weighted by molar-refractivity contribution is 0.123. The number of aryl methyl sites for hydroxylation is 1. The average molecular weight is 471 g/mol. The van der Waals surface area contributed by atoms with Gasteiger partial charge in [0.05, 0.1) is 12.1 Å². The molecule has 5 rings (SSSR count). The quantitative estimate of drug-likeness (QED) is 0.376. The lowest BCUT2D eigenvalue weighted by Crippen LogP contribution is -2.35. The second-order valence-electron chi connectivity index (χ2n) is 10.2. The van der Waals surface area contributed by atoms with Crippen molar-refractivity contribution in [1.29, 1.82) is 0 Å². The number of nitrogens with one attached hydrogen (secondary N) is 1. The van der Waals surface area contributed by atoms with Crippen LogP contribution in [0.15, 0.2) is 59.4 Å². The van der Waals surface area contributed by atoms with Gasteiger partial charge in [-0.3, -0.25) is 9.69 Å². The lowest BCUT2D eigenvalue weighted by atomic mass is 9.99. The van der Waals surface area contributed by atoms with Crippen LogP contribution in [-0.4, -0.2) is 30.1 Å². The summed E-state index contributed by atoms with van der Waals surface area (Å²) in [6, 6.07) is 19.0. The van der Waals surface area contributed by atoms with E-state index in [2.05, 4.69) is 80.3 Å². The number of H-pyrrole nitrogens is 1. The van der Waals surface area contributed by atoms with E-state index < -0.39 is 0 Å². The maximum absolute atomic E-state index is 13.2. The van der Waals surface area contributed by atoms with E-state index in [0.717, 1.165) is 40.7 Å². The van der Waals surface area contributed by atoms with Crippen molar-refractivity contribution in [1.82, 2.24) is 30.1 Å². The van der Waals surface area contributed by atoms with Crippen molar-refractivity contribution in [2.75, 3.05) is 0 Å². The molecule has 0 saturated heterocycles. The molecule has 2 aromatic carbocycles. The molecular formula is C28H34N6O. The number of nitrogens with zero attached hydrogens (tertiary/aromatic N) is 5. The molecule has 0 unspecified atom stereocenters. The summed E-state index contributed by atoms with van der Waals surface area (Å²) >= 11 is 0. The van der Waals surface area contributed by atoms with Crippen LogP contribution in [0.3, 0.4) is 0 Å². The summed E-state index contributed by atoms with van der Waals surface area (Å²) in [6.45, 7) is 7.67. The van der Waals surface area contributed by atoms with Gasteiger partial charge in [0.25, 0.3) is 5.56 Å². The smallest absolute Gasteiger partial charge is 0.252 e. The van der Waals surface area contributed by atoms with E-state index in [1.165, 1.54) is 18.4 Å². The van der Waals surface area contributed by atoms with Crippen molar-refractivity contribution < 1.29 is 0 Å². The zero-order valence-corrected chi connectivity index (χ0v) is 20.8. The molecule has 7 nitrogen and oxygen atoms in total. The van der Waals surface area contributed by atoms with Gasteiger partial charge in [0, 0.05) is 24.2 Å². The van der Waals surface area contributed by atoms with E-state index in [4.69, 9.17) is 0 Å². The molecule has 35 heavy (non-hydrogen) atoms. The van der Waals surface area contributed by atoms with Gasteiger partial charge < -0.3 is 4.98 Å². The van der Waals surface area contributed by atoms with E-state index in [9.17, 15) is 4.79 Å². The first-order valence-corrected chi connectivity index (χ1v) is 12.7. The second-order valence-corrected chi connectivity index (χ2v) is 10.2. The maximum atomic E-state index is 13.2. The third kappa shape index (κ3) is 5.05. The molecular weight excluding hydrogens is 436 g/mol. The zero-order valence-electron chi connectivity index (χ0n) is 20.8. The molecule has 1 aliphatic carbocycles. The van der Waals surface area contributed by atoms with Gasteiger partial charge in [-0.25, -0.2) is 4.68 Å². The first-order chi connectivity index (χ1) is 17.0. The van der Waals surface area contributed by atoms with Gasteiger partial charge in [-0.05, 0) is 64.8 Å². The molecule has 0 radical (unpaired) electrons. The van der Waals surface area contributed by atoms with Gasteiger partial charge in [-0.2, -0.15) is 0 Å². The highest BCUT2D eigenvalue weighted by Crippen LogP contribution is 2.35. The molecule has 0 bridgehead atoms. The van der Waals surface area contributed by atoms with E-state index in [1.807, 2.05) is 25.1 Å². The summed E-state index contributed by atoms with van der Waals surface area (Å²) in [4.78, 5) is 18.6. The Morgan fingerprint density at radius 3 is 2.57 bits per heavy atom. The Hall–Kier alpha value is -3.32. The number of aromatic amines is 1. The molecule has 7 heteroatoms. The van der Waals surface area contributed by atoms with Crippen LogP contribution >= 0.6 is 0 Å². The fourth-order valence-electron chi connectivity index (χ4n) is 5.45. The summed E-state index contributed by atoms with van der Waals surface area (Å²) in [7, 11) is 0. The summed E-state index contributed by atoms with van der Waals surface area (Å²) in [5, 5.41) is 14.1. The van der Waals surface area contributed by atoms with Gasteiger partial charge in [0.2, 0.25) is 0 Å². The molecule has 2 aromatic heterocycles. The Balaban J connectivity index is 1.56. The number of aromatic nitrogens is 5. The zero-order chi connectivity index (χ0) is 24.4. The molecule has 4 aromatic rings. The Bertz CT molecular complexity index is 1340. The lowest BCUT2D eigenvalue weighted by Gasteiger charge is -2.34. The third-order valence-corrected chi connectivity index (χ3v) is 7.16. The highest BCUT2D eigenvalue weighted by atomic mass is 16.1. The van der Waals surface area contributed by atoms with E-state index in [-0.39, 0.29) is 17.5 Å². The number of tetrazole rings is 1. The number of fused-ring (bicyclic) bond motifs is 1. The van der Waals surface area contributed by atoms with Crippen molar-refractivity contribution in [3.05, 3.63) is 87.5 Å². The molecule has 182 valence electrons. The standard InChI is InChI=1S/C28H34N6O/c1-19(2)26(27-30-31-32-34(27)24-11-7-8-12-24)33(17-21-9-5-4-6-10-21)18-23-16-22-14-13-20(3)15-25(22)29-28(23)35/h4-6,9-10,13-16,19,24,26H,7-8,11-12,17-18H2,1-3H3,(H,29,35)/t26-/m0/s1. The highest BCUT2D eigenvalue weighted by Gasteiger charge is 2.32.